The van der Waals surface area contributed by atoms with Crippen LogP contribution in [0.15, 0.2) is 16.9 Å². The topological polar surface area (TPSA) is 108 Å². The minimum atomic E-state index is -0.377. The fourth-order valence-corrected chi connectivity index (χ4v) is 7.58. The van der Waals surface area contributed by atoms with Gasteiger partial charge in [0.05, 0.1) is 20.6 Å². The van der Waals surface area contributed by atoms with E-state index in [0.717, 1.165) is 60.9 Å². The first-order valence-corrected chi connectivity index (χ1v) is 12.6. The molecule has 178 valence electrons. The zero-order valence-electron chi connectivity index (χ0n) is 19.2. The van der Waals surface area contributed by atoms with Crippen LogP contribution in [0.5, 0.6) is 0 Å². The van der Waals surface area contributed by atoms with Crippen molar-refractivity contribution in [2.75, 3.05) is 6.54 Å². The molecular weight excluding hydrogens is 488 g/mol. The van der Waals surface area contributed by atoms with Gasteiger partial charge in [0.15, 0.2) is 0 Å². The van der Waals surface area contributed by atoms with Gasteiger partial charge in [-0.3, -0.25) is 24.3 Å². The summed E-state index contributed by atoms with van der Waals surface area (Å²) in [5.74, 6) is 1.27. The number of nitrogens with zero attached hydrogens (tertiary/aromatic N) is 5. The lowest BCUT2D eigenvalue weighted by atomic mass is 9.46. The van der Waals surface area contributed by atoms with E-state index < -0.39 is 0 Å². The molecule has 2 atom stereocenters. The van der Waals surface area contributed by atoms with Crippen molar-refractivity contribution >= 4 is 27.5 Å². The summed E-state index contributed by atoms with van der Waals surface area (Å²) in [5, 5.41) is 23.3. The van der Waals surface area contributed by atoms with Gasteiger partial charge in [-0.1, -0.05) is 0 Å². The molecule has 0 radical (unpaired) electrons. The lowest BCUT2D eigenvalue weighted by Crippen LogP contribution is -2.57. The number of carbonyl (C=O) groups excluding carboxylic acids is 1. The van der Waals surface area contributed by atoms with Crippen LogP contribution in [0.25, 0.3) is 0 Å². The van der Waals surface area contributed by atoms with E-state index in [0.29, 0.717) is 24.8 Å². The molecule has 0 aliphatic heterocycles. The largest absolute Gasteiger partial charge is 0.356 e. The quantitative estimate of drug-likeness (QED) is 0.319. The van der Waals surface area contributed by atoms with Crippen molar-refractivity contribution in [3.63, 3.8) is 0 Å². The monoisotopic (exact) mass is 518 g/mol. The Morgan fingerprint density at radius 3 is 2.64 bits per heavy atom. The van der Waals surface area contributed by atoms with E-state index in [4.69, 9.17) is 0 Å². The van der Waals surface area contributed by atoms with Crippen LogP contribution in [-0.4, -0.2) is 36.9 Å². The summed E-state index contributed by atoms with van der Waals surface area (Å²) in [6, 6.07) is 0. The molecule has 33 heavy (non-hydrogen) atoms. The Kier molecular flexibility index (Phi) is 5.61. The maximum Gasteiger partial charge on any atom is 0.307 e. The second-order valence-corrected chi connectivity index (χ2v) is 11.5. The average Bonchev–Trinajstić information content (AvgIpc) is 3.32. The van der Waals surface area contributed by atoms with Crippen molar-refractivity contribution in [2.24, 2.45) is 17.3 Å². The Hall–Kier alpha value is -2.23. The number of carbonyl (C=O) groups is 1. The van der Waals surface area contributed by atoms with Crippen LogP contribution < -0.4 is 5.32 Å². The van der Waals surface area contributed by atoms with E-state index in [1.807, 2.05) is 23.2 Å². The van der Waals surface area contributed by atoms with E-state index in [1.54, 1.807) is 6.20 Å². The molecule has 6 rings (SSSR count). The molecule has 1 amide bonds. The molecule has 2 aromatic heterocycles. The van der Waals surface area contributed by atoms with E-state index in [1.165, 1.54) is 12.6 Å². The summed E-state index contributed by atoms with van der Waals surface area (Å²) < 4.78 is 4.89. The van der Waals surface area contributed by atoms with Gasteiger partial charge in [0.2, 0.25) is 5.91 Å². The van der Waals surface area contributed by atoms with Crippen molar-refractivity contribution in [1.29, 1.82) is 0 Å². The zero-order chi connectivity index (χ0) is 23.4. The third-order valence-electron chi connectivity index (χ3n) is 8.11. The Morgan fingerprint density at radius 1 is 1.30 bits per heavy atom. The molecule has 4 aliphatic rings. The third kappa shape index (κ3) is 4.11. The fourth-order valence-electron chi connectivity index (χ4n) is 7.30. The average molecular weight is 519 g/mol. The SMILES string of the molecule is Cc1nn(CCCNC(=O)CC23CC4CC(C2)CC(n2cc([N+](=O)[O-])cn2)(C4)C3)c(C)c1Br. The first kappa shape index (κ1) is 22.6. The number of hydrogen-bond acceptors (Lipinski definition) is 5. The van der Waals surface area contributed by atoms with Crippen LogP contribution in [0.1, 0.15) is 62.8 Å². The van der Waals surface area contributed by atoms with Crippen molar-refractivity contribution < 1.29 is 9.72 Å². The van der Waals surface area contributed by atoms with Gasteiger partial charge in [-0.25, -0.2) is 0 Å². The molecule has 0 spiro atoms. The Bertz CT molecular complexity index is 1080. The van der Waals surface area contributed by atoms with E-state index in [2.05, 4.69) is 31.4 Å². The highest BCUT2D eigenvalue weighted by Crippen LogP contribution is 2.65. The summed E-state index contributed by atoms with van der Waals surface area (Å²) in [7, 11) is 0. The Balaban J connectivity index is 1.21. The van der Waals surface area contributed by atoms with Crippen LogP contribution in [-0.2, 0) is 16.9 Å². The third-order valence-corrected chi connectivity index (χ3v) is 9.26. The van der Waals surface area contributed by atoms with E-state index in [-0.39, 0.29) is 27.5 Å². The van der Waals surface area contributed by atoms with E-state index in [9.17, 15) is 14.9 Å². The molecule has 2 aromatic rings. The predicted octanol–water partition coefficient (Wildman–Crippen LogP) is 4.26. The molecule has 0 aromatic carbocycles. The number of aryl methyl sites for hydroxylation is 2. The molecule has 0 saturated heterocycles. The van der Waals surface area contributed by atoms with Crippen molar-refractivity contribution in [2.45, 2.75) is 77.3 Å². The number of nitro groups is 1. The minimum absolute atomic E-state index is 0.0184. The molecule has 10 heteroatoms. The van der Waals surface area contributed by atoms with Crippen molar-refractivity contribution in [1.82, 2.24) is 24.9 Å². The van der Waals surface area contributed by atoms with Gasteiger partial charge in [0.25, 0.3) is 0 Å². The van der Waals surface area contributed by atoms with Crippen LogP contribution >= 0.6 is 15.9 Å². The molecule has 4 saturated carbocycles. The summed E-state index contributed by atoms with van der Waals surface area (Å²) in [6.07, 6.45) is 10.6. The second-order valence-electron chi connectivity index (χ2n) is 10.7. The fraction of sp³-hybridized carbons (Fsp3) is 0.696. The van der Waals surface area contributed by atoms with Crippen LogP contribution in [0.4, 0.5) is 5.69 Å². The molecule has 2 heterocycles. The highest BCUT2D eigenvalue weighted by Gasteiger charge is 2.59. The van der Waals surface area contributed by atoms with Gasteiger partial charge in [-0.15, -0.1) is 0 Å². The Labute approximate surface area is 201 Å². The standard InChI is InChI=1S/C23H31BrN6O3/c1-15-21(24)16(2)28(27-15)5-3-4-25-20(31)11-22-7-17-6-18(8-22)10-23(9-17,14-22)29-13-19(12-26-29)30(32)33/h12-13,17-18H,3-11,14H2,1-2H3,(H,25,31). The number of nitrogens with one attached hydrogen (secondary N) is 1. The van der Waals surface area contributed by atoms with Crippen molar-refractivity contribution in [3.05, 3.63) is 38.4 Å². The molecule has 9 nitrogen and oxygen atoms in total. The highest BCUT2D eigenvalue weighted by atomic mass is 79.9. The van der Waals surface area contributed by atoms with Gasteiger partial charge in [0.1, 0.15) is 12.4 Å². The first-order chi connectivity index (χ1) is 15.7. The smallest absolute Gasteiger partial charge is 0.307 e. The number of halogens is 1. The summed E-state index contributed by atoms with van der Waals surface area (Å²) in [4.78, 5) is 23.8. The van der Waals surface area contributed by atoms with Crippen LogP contribution in [0.3, 0.4) is 0 Å². The van der Waals surface area contributed by atoms with Gasteiger partial charge in [-0.05, 0) is 92.0 Å². The molecule has 4 bridgehead atoms. The Morgan fingerprint density at radius 2 is 2.03 bits per heavy atom. The summed E-state index contributed by atoms with van der Waals surface area (Å²) in [6.45, 7) is 5.43. The van der Waals surface area contributed by atoms with Crippen molar-refractivity contribution in [3.8, 4) is 0 Å². The molecule has 4 fully saturated rings. The maximum absolute atomic E-state index is 12.9. The van der Waals surface area contributed by atoms with Gasteiger partial charge in [0, 0.05) is 25.2 Å². The lowest BCUT2D eigenvalue weighted by molar-refractivity contribution is -0.385. The molecule has 1 N–H and O–H groups in total. The van der Waals surface area contributed by atoms with Crippen LogP contribution in [0, 0.1) is 41.2 Å². The van der Waals surface area contributed by atoms with Gasteiger partial charge in [-0.2, -0.15) is 10.2 Å². The summed E-state index contributed by atoms with van der Waals surface area (Å²) >= 11 is 3.56. The number of rotatable bonds is 8. The lowest BCUT2D eigenvalue weighted by Gasteiger charge is -2.61. The number of aromatic nitrogens is 4. The molecular formula is C23H31BrN6O3. The normalized spacial score (nSPS) is 30.0. The maximum atomic E-state index is 12.9. The predicted molar refractivity (Wildman–Crippen MR) is 126 cm³/mol. The number of amides is 1. The van der Waals surface area contributed by atoms with Gasteiger partial charge >= 0.3 is 5.69 Å². The highest BCUT2D eigenvalue weighted by molar-refractivity contribution is 9.10. The summed E-state index contributed by atoms with van der Waals surface area (Å²) in [5.41, 5.74) is 1.94. The molecule has 4 aliphatic carbocycles. The number of hydrogen-bond donors (Lipinski definition) is 1. The first-order valence-electron chi connectivity index (χ1n) is 11.8. The second kappa shape index (κ2) is 8.21. The van der Waals surface area contributed by atoms with E-state index >= 15 is 0 Å². The zero-order valence-corrected chi connectivity index (χ0v) is 20.8. The molecule has 2 unspecified atom stereocenters. The minimum Gasteiger partial charge on any atom is -0.356 e. The van der Waals surface area contributed by atoms with Crippen LogP contribution in [0.2, 0.25) is 0 Å². The van der Waals surface area contributed by atoms with Gasteiger partial charge < -0.3 is 5.32 Å².